The van der Waals surface area contributed by atoms with Crippen molar-refractivity contribution in [3.63, 3.8) is 0 Å². The molecule has 3 heterocycles. The van der Waals surface area contributed by atoms with Crippen LogP contribution in [0.4, 0.5) is 0 Å². The topological polar surface area (TPSA) is 35.9 Å². The van der Waals surface area contributed by atoms with Crippen molar-refractivity contribution in [3.05, 3.63) is 235 Å². The van der Waals surface area contributed by atoms with Gasteiger partial charge in [-0.2, -0.15) is 0 Å². The van der Waals surface area contributed by atoms with E-state index in [1.807, 2.05) is 6.20 Å². The summed E-state index contributed by atoms with van der Waals surface area (Å²) in [5.74, 6) is 2.33. The van der Waals surface area contributed by atoms with Crippen LogP contribution in [0.25, 0.3) is 50.1 Å². The molecule has 7 aromatic carbocycles. The van der Waals surface area contributed by atoms with Gasteiger partial charge in [-0.25, -0.2) is 4.98 Å². The molecule has 10 rings (SSSR count). The highest BCUT2D eigenvalue weighted by molar-refractivity contribution is 6.09. The Kier molecular flexibility index (Phi) is 10.4. The predicted octanol–water partition coefficient (Wildman–Crippen LogP) is 14.5. The summed E-state index contributed by atoms with van der Waals surface area (Å²) in [4.78, 5) is 4.99. The second-order valence-corrected chi connectivity index (χ2v) is 19.2. The molecule has 0 amide bonds. The van der Waals surface area contributed by atoms with E-state index in [-0.39, 0.29) is 16.2 Å². The molecule has 0 saturated heterocycles. The maximum absolute atomic E-state index is 6.95. The van der Waals surface area contributed by atoms with E-state index in [4.69, 9.17) is 9.72 Å². The quantitative estimate of drug-likeness (QED) is 0.102. The Morgan fingerprint density at radius 1 is 0.492 bits per heavy atom. The molecule has 320 valence electrons. The number of hydrogen-bond acceptors (Lipinski definition) is 2. The zero-order chi connectivity index (χ0) is 44.9. The third-order valence-electron chi connectivity index (χ3n) is 13.1. The molecule has 0 fully saturated rings. The van der Waals surface area contributed by atoms with Gasteiger partial charge in [0.25, 0.3) is 6.33 Å². The lowest BCUT2D eigenvalue weighted by molar-refractivity contribution is -0.611. The smallest absolute Gasteiger partial charge is 0.269 e. The highest BCUT2D eigenvalue weighted by atomic mass is 16.5. The summed E-state index contributed by atoms with van der Waals surface area (Å²) in [6.07, 6.45) is 7.92. The van der Waals surface area contributed by atoms with Crippen LogP contribution in [0, 0.1) is 6.33 Å². The van der Waals surface area contributed by atoms with Gasteiger partial charge >= 0.3 is 0 Å². The fourth-order valence-corrected chi connectivity index (χ4v) is 9.21. The van der Waals surface area contributed by atoms with Crippen LogP contribution in [0.1, 0.15) is 76.4 Å². The zero-order valence-corrected chi connectivity index (χ0v) is 38.2. The maximum atomic E-state index is 6.95. The van der Waals surface area contributed by atoms with Crippen LogP contribution in [0.15, 0.2) is 200 Å². The summed E-state index contributed by atoms with van der Waals surface area (Å²) >= 11 is 0. The molecule has 3 aromatic heterocycles. The van der Waals surface area contributed by atoms with Gasteiger partial charge < -0.3 is 4.74 Å². The number of pyridine rings is 1. The van der Waals surface area contributed by atoms with Crippen molar-refractivity contribution in [2.75, 3.05) is 0 Å². The summed E-state index contributed by atoms with van der Waals surface area (Å²) in [5, 5.41) is 2.30. The number of fused-ring (bicyclic) bond motifs is 3. The van der Waals surface area contributed by atoms with Gasteiger partial charge in [-0.3, -0.25) is 13.7 Å². The predicted molar refractivity (Wildman–Crippen MR) is 266 cm³/mol. The van der Waals surface area contributed by atoms with Crippen molar-refractivity contribution >= 4 is 21.8 Å². The second kappa shape index (κ2) is 16.2. The molecule has 65 heavy (non-hydrogen) atoms. The highest BCUT2D eigenvalue weighted by Crippen LogP contribution is 2.39. The Balaban J connectivity index is 1.07. The first-order chi connectivity index (χ1) is 31.3. The average Bonchev–Trinajstić information content (AvgIpc) is 3.94. The summed E-state index contributed by atoms with van der Waals surface area (Å²) < 4.78 is 13.6. The largest absolute Gasteiger partial charge is 0.458 e. The van der Waals surface area contributed by atoms with E-state index >= 15 is 0 Å². The van der Waals surface area contributed by atoms with Crippen LogP contribution >= 0.6 is 0 Å². The standard InChI is InChI=1S/C60H54N4O/c1-58(2,3)56-40-62(41-63(56)48-27-19-26-46(36-48)59(4,5)44-22-13-9-14-23-44)49-34-43(42-20-11-8-12-21-42)35-51(38-49)65-50-30-31-53-52-28-17-18-29-54(52)64(55(53)39-50)57-37-47(32-33-61-57)60(6,7)45-24-15-10-16-25-45/h8-40H,1-7H3. The molecule has 5 heteroatoms. The van der Waals surface area contributed by atoms with E-state index in [0.717, 1.165) is 67.3 Å². The van der Waals surface area contributed by atoms with Gasteiger partial charge in [0.05, 0.1) is 28.1 Å². The van der Waals surface area contributed by atoms with Crippen molar-refractivity contribution in [3.8, 4) is 39.8 Å². The minimum Gasteiger partial charge on any atom is -0.458 e. The Hall–Kier alpha value is -7.50. The van der Waals surface area contributed by atoms with E-state index in [1.165, 1.54) is 22.3 Å². The van der Waals surface area contributed by atoms with Crippen LogP contribution in [0.2, 0.25) is 0 Å². The molecule has 0 radical (unpaired) electrons. The molecule has 0 unspecified atom stereocenters. The van der Waals surface area contributed by atoms with E-state index in [9.17, 15) is 0 Å². The molecule has 0 N–H and O–H groups in total. The molecule has 0 spiro atoms. The monoisotopic (exact) mass is 846 g/mol. The first-order valence-corrected chi connectivity index (χ1v) is 22.5. The van der Waals surface area contributed by atoms with Gasteiger partial charge in [-0.05, 0) is 99.5 Å². The Bertz CT molecular complexity index is 3320. The van der Waals surface area contributed by atoms with E-state index < -0.39 is 0 Å². The van der Waals surface area contributed by atoms with Crippen LogP contribution in [0.5, 0.6) is 11.5 Å². The Labute approximate surface area is 382 Å². The SMILES string of the molecule is CC(C)(C)c1cn(-c2cc(Oc3ccc4c5ccccc5n(-c5cc(C(C)(C)c6ccccc6)ccn5)c4c3)cc(-c3ccccc3)c2)[c-][n+]1-c1cccc(C(C)(C)c2ccccc2)c1. The van der Waals surface area contributed by atoms with Gasteiger partial charge in [0.2, 0.25) is 0 Å². The van der Waals surface area contributed by atoms with Crippen LogP contribution < -0.4 is 9.30 Å². The lowest BCUT2D eigenvalue weighted by Gasteiger charge is -2.27. The van der Waals surface area contributed by atoms with Crippen LogP contribution in [-0.2, 0) is 16.2 Å². The highest BCUT2D eigenvalue weighted by Gasteiger charge is 2.27. The first kappa shape index (κ1) is 41.5. The van der Waals surface area contributed by atoms with Crippen LogP contribution in [0.3, 0.4) is 0 Å². The summed E-state index contributed by atoms with van der Waals surface area (Å²) in [6, 6.07) is 66.6. The number of aromatic nitrogens is 4. The van der Waals surface area contributed by atoms with E-state index in [0.29, 0.717) is 0 Å². The minimum absolute atomic E-state index is 0.178. The number of para-hydroxylation sites is 1. The first-order valence-electron chi connectivity index (χ1n) is 22.5. The van der Waals surface area contributed by atoms with Crippen molar-refractivity contribution < 1.29 is 9.30 Å². The number of rotatable bonds is 10. The molecule has 0 bridgehead atoms. The van der Waals surface area contributed by atoms with Gasteiger partial charge in [0, 0.05) is 40.1 Å². The van der Waals surface area contributed by atoms with Crippen molar-refractivity contribution in [1.82, 2.24) is 14.1 Å². The third kappa shape index (κ3) is 7.82. The average molecular weight is 847 g/mol. The van der Waals surface area contributed by atoms with Gasteiger partial charge in [-0.15, -0.1) is 0 Å². The van der Waals surface area contributed by atoms with Crippen molar-refractivity contribution in [2.24, 2.45) is 0 Å². The number of nitrogens with zero attached hydrogens (tertiary/aromatic N) is 4. The molecular weight excluding hydrogens is 793 g/mol. The normalized spacial score (nSPS) is 12.2. The van der Waals surface area contributed by atoms with Gasteiger partial charge in [0.1, 0.15) is 17.3 Å². The maximum Gasteiger partial charge on any atom is 0.269 e. The zero-order valence-electron chi connectivity index (χ0n) is 38.2. The lowest BCUT2D eigenvalue weighted by Crippen LogP contribution is -2.39. The molecule has 0 atom stereocenters. The Morgan fingerprint density at radius 2 is 1.11 bits per heavy atom. The number of benzene rings is 7. The molecule has 0 aliphatic heterocycles. The molecule has 0 saturated carbocycles. The van der Waals surface area contributed by atoms with Crippen molar-refractivity contribution in [1.29, 1.82) is 0 Å². The molecule has 0 aliphatic rings. The summed E-state index contributed by atoms with van der Waals surface area (Å²) in [5.41, 5.74) is 11.8. The lowest BCUT2D eigenvalue weighted by atomic mass is 9.78. The van der Waals surface area contributed by atoms with E-state index in [2.05, 4.69) is 263 Å². The molecule has 10 aromatic rings. The Morgan fingerprint density at radius 3 is 1.80 bits per heavy atom. The van der Waals surface area contributed by atoms with Gasteiger partial charge in [-0.1, -0.05) is 170 Å². The van der Waals surface area contributed by atoms with E-state index in [1.54, 1.807) is 0 Å². The summed E-state index contributed by atoms with van der Waals surface area (Å²) in [7, 11) is 0. The third-order valence-corrected chi connectivity index (χ3v) is 13.1. The van der Waals surface area contributed by atoms with Gasteiger partial charge in [0.15, 0.2) is 0 Å². The fourth-order valence-electron chi connectivity index (χ4n) is 9.21. The van der Waals surface area contributed by atoms with Crippen molar-refractivity contribution in [2.45, 2.75) is 64.7 Å². The molecule has 5 nitrogen and oxygen atoms in total. The minimum atomic E-state index is -0.221. The summed E-state index contributed by atoms with van der Waals surface area (Å²) in [6.45, 7) is 15.9. The van der Waals surface area contributed by atoms with Crippen LogP contribution in [-0.4, -0.2) is 14.1 Å². The molecular formula is C60H54N4O. The fraction of sp³-hybridized carbons (Fsp3) is 0.167. The number of hydrogen-bond donors (Lipinski definition) is 0. The molecule has 0 aliphatic carbocycles. The number of ether oxygens (including phenoxy) is 1. The second-order valence-electron chi connectivity index (χ2n) is 19.2. The number of imidazole rings is 1.